The summed E-state index contributed by atoms with van der Waals surface area (Å²) in [6, 6.07) is 6.96. The first-order valence-corrected chi connectivity index (χ1v) is 10.9. The Kier molecular flexibility index (Phi) is 7.83. The summed E-state index contributed by atoms with van der Waals surface area (Å²) < 4.78 is 28.1. The van der Waals surface area contributed by atoms with Crippen LogP contribution in [-0.2, 0) is 30.1 Å². The normalized spacial score (nSPS) is 16.9. The monoisotopic (exact) mass is 476 g/mol. The molecule has 1 aromatic carbocycles. The zero-order chi connectivity index (χ0) is 24.4. The van der Waals surface area contributed by atoms with Crippen molar-refractivity contribution in [2.75, 3.05) is 26.6 Å². The van der Waals surface area contributed by atoms with Crippen molar-refractivity contribution in [1.82, 2.24) is 4.98 Å². The van der Waals surface area contributed by atoms with E-state index in [4.69, 9.17) is 35.1 Å². The van der Waals surface area contributed by atoms with Crippen LogP contribution in [0.5, 0.6) is 0 Å². The highest BCUT2D eigenvalue weighted by Gasteiger charge is 2.52. The van der Waals surface area contributed by atoms with Gasteiger partial charge in [-0.1, -0.05) is 23.7 Å². The van der Waals surface area contributed by atoms with Crippen LogP contribution in [0.25, 0.3) is 0 Å². The molecule has 1 aliphatic heterocycles. The van der Waals surface area contributed by atoms with Gasteiger partial charge >= 0.3 is 7.12 Å². The lowest BCUT2D eigenvalue weighted by molar-refractivity contribution is -0.107. The number of aromatic nitrogens is 1. The Morgan fingerprint density at radius 1 is 1.15 bits per heavy atom. The maximum absolute atomic E-state index is 13.0. The molecule has 1 saturated heterocycles. The van der Waals surface area contributed by atoms with Gasteiger partial charge in [-0.2, -0.15) is 0 Å². The molecule has 0 unspecified atom stereocenters. The summed E-state index contributed by atoms with van der Waals surface area (Å²) in [5, 5.41) is 3.17. The molecule has 2 heterocycles. The van der Waals surface area contributed by atoms with Crippen molar-refractivity contribution >= 4 is 35.8 Å². The molecule has 10 heteroatoms. The predicted molar refractivity (Wildman–Crippen MR) is 127 cm³/mol. The first kappa shape index (κ1) is 25.6. The number of hydrogen-bond donors (Lipinski definition) is 1. The van der Waals surface area contributed by atoms with Crippen molar-refractivity contribution in [2.45, 2.75) is 51.8 Å². The lowest BCUT2D eigenvalue weighted by Crippen LogP contribution is -2.41. The second kappa shape index (κ2) is 10.1. The SMILES string of the molecule is COCc1cc(C(=O)Nc2cccc(B3OC(C)(C)C(C)(C)O3)c2Cl)ncc1C(OC)OC. The summed E-state index contributed by atoms with van der Waals surface area (Å²) in [4.78, 5) is 17.3. The largest absolute Gasteiger partial charge is 0.496 e. The van der Waals surface area contributed by atoms with Crippen molar-refractivity contribution < 1.29 is 28.3 Å². The standard InChI is InChI=1S/C23H30BClN2O6/c1-22(2)23(3,4)33-24(32-22)16-9-8-10-17(19(16)25)27-20(28)18-11-14(13-29-5)15(12-26-18)21(30-6)31-7/h8-12,21H,13H2,1-7H3,(H,27,28). The van der Waals surface area contributed by atoms with Crippen molar-refractivity contribution in [1.29, 1.82) is 0 Å². The highest BCUT2D eigenvalue weighted by molar-refractivity contribution is 6.66. The minimum atomic E-state index is -0.648. The number of halogens is 1. The number of ether oxygens (including phenoxy) is 3. The van der Waals surface area contributed by atoms with Gasteiger partial charge in [-0.15, -0.1) is 0 Å². The zero-order valence-electron chi connectivity index (χ0n) is 20.0. The smallest absolute Gasteiger partial charge is 0.399 e. The lowest BCUT2D eigenvalue weighted by atomic mass is 9.79. The highest BCUT2D eigenvalue weighted by Crippen LogP contribution is 2.37. The van der Waals surface area contributed by atoms with Gasteiger partial charge in [0.15, 0.2) is 6.29 Å². The molecule has 2 aromatic rings. The lowest BCUT2D eigenvalue weighted by Gasteiger charge is -2.32. The molecule has 178 valence electrons. The Balaban J connectivity index is 1.85. The van der Waals surface area contributed by atoms with Crippen LogP contribution in [-0.4, -0.2) is 50.5 Å². The van der Waals surface area contributed by atoms with E-state index < -0.39 is 30.5 Å². The van der Waals surface area contributed by atoms with Gasteiger partial charge in [0.2, 0.25) is 0 Å². The van der Waals surface area contributed by atoms with E-state index in [-0.39, 0.29) is 12.3 Å². The molecule has 33 heavy (non-hydrogen) atoms. The number of rotatable bonds is 8. The van der Waals surface area contributed by atoms with Crippen LogP contribution < -0.4 is 10.8 Å². The van der Waals surface area contributed by atoms with Crippen LogP contribution in [0, 0.1) is 0 Å². The molecule has 1 amide bonds. The van der Waals surface area contributed by atoms with Gasteiger partial charge in [0.25, 0.3) is 5.91 Å². The van der Waals surface area contributed by atoms with Crippen molar-refractivity contribution in [3.05, 3.63) is 52.3 Å². The number of amides is 1. The average molecular weight is 477 g/mol. The molecule has 3 rings (SSSR count). The van der Waals surface area contributed by atoms with Gasteiger partial charge in [0, 0.05) is 38.6 Å². The topological polar surface area (TPSA) is 88.1 Å². The number of pyridine rings is 1. The minimum Gasteiger partial charge on any atom is -0.399 e. The molecular weight excluding hydrogens is 447 g/mol. The summed E-state index contributed by atoms with van der Waals surface area (Å²) in [6.45, 7) is 8.14. The fourth-order valence-corrected chi connectivity index (χ4v) is 3.72. The van der Waals surface area contributed by atoms with Crippen LogP contribution >= 0.6 is 11.6 Å². The summed E-state index contributed by atoms with van der Waals surface area (Å²) in [5.41, 5.74) is 1.66. The number of anilines is 1. The Bertz CT molecular complexity index is 996. The maximum atomic E-state index is 13.0. The van der Waals surface area contributed by atoms with Gasteiger partial charge in [-0.05, 0) is 45.4 Å². The van der Waals surface area contributed by atoms with Gasteiger partial charge in [-0.25, -0.2) is 0 Å². The van der Waals surface area contributed by atoms with Crippen LogP contribution in [0.3, 0.4) is 0 Å². The van der Waals surface area contributed by atoms with Crippen LogP contribution in [0.15, 0.2) is 30.5 Å². The predicted octanol–water partition coefficient (Wildman–Crippen LogP) is 3.72. The van der Waals surface area contributed by atoms with Gasteiger partial charge in [-0.3, -0.25) is 9.78 Å². The average Bonchev–Trinajstić information content (AvgIpc) is 2.98. The second-order valence-electron chi connectivity index (χ2n) is 8.76. The van der Waals surface area contributed by atoms with Crippen molar-refractivity contribution in [3.8, 4) is 0 Å². The highest BCUT2D eigenvalue weighted by atomic mass is 35.5. The van der Waals surface area contributed by atoms with E-state index in [2.05, 4.69) is 10.3 Å². The van der Waals surface area contributed by atoms with Crippen LogP contribution in [0.4, 0.5) is 5.69 Å². The van der Waals surface area contributed by atoms with Crippen LogP contribution in [0.2, 0.25) is 5.02 Å². The zero-order valence-corrected chi connectivity index (χ0v) is 20.8. The van der Waals surface area contributed by atoms with Crippen molar-refractivity contribution in [2.24, 2.45) is 0 Å². The Hall–Kier alpha value is -2.01. The molecule has 1 aliphatic rings. The van der Waals surface area contributed by atoms with Gasteiger partial charge in [0.05, 0.1) is 28.5 Å². The summed E-state index contributed by atoms with van der Waals surface area (Å²) >= 11 is 6.64. The molecule has 1 N–H and O–H groups in total. The van der Waals surface area contributed by atoms with E-state index in [1.165, 1.54) is 14.2 Å². The molecule has 0 saturated carbocycles. The third-order valence-corrected chi connectivity index (χ3v) is 6.44. The maximum Gasteiger partial charge on any atom is 0.496 e. The summed E-state index contributed by atoms with van der Waals surface area (Å²) in [6.07, 6.45) is 0.925. The Morgan fingerprint density at radius 3 is 2.36 bits per heavy atom. The quantitative estimate of drug-likeness (QED) is 0.459. The molecule has 8 nitrogen and oxygen atoms in total. The number of nitrogens with zero attached hydrogens (tertiary/aromatic N) is 1. The number of methoxy groups -OCH3 is 3. The molecule has 0 atom stereocenters. The fourth-order valence-electron chi connectivity index (χ4n) is 3.46. The molecule has 0 aliphatic carbocycles. The molecule has 0 bridgehead atoms. The third-order valence-electron chi connectivity index (χ3n) is 6.02. The van der Waals surface area contributed by atoms with E-state index >= 15 is 0 Å². The van der Waals surface area contributed by atoms with E-state index in [1.54, 1.807) is 31.5 Å². The number of carbonyl (C=O) groups is 1. The number of benzene rings is 1. The molecule has 1 aromatic heterocycles. The van der Waals surface area contributed by atoms with Crippen LogP contribution in [0.1, 0.15) is 55.6 Å². The number of carbonyl (C=O) groups excluding carboxylic acids is 1. The van der Waals surface area contributed by atoms with Crippen molar-refractivity contribution in [3.63, 3.8) is 0 Å². The van der Waals surface area contributed by atoms with E-state index in [1.807, 2.05) is 33.8 Å². The van der Waals surface area contributed by atoms with Gasteiger partial charge in [0.1, 0.15) is 5.69 Å². The van der Waals surface area contributed by atoms with E-state index in [0.717, 1.165) is 5.56 Å². The third kappa shape index (κ3) is 5.24. The Morgan fingerprint density at radius 2 is 1.79 bits per heavy atom. The molecule has 1 fully saturated rings. The summed E-state index contributed by atoms with van der Waals surface area (Å²) in [7, 11) is 3.98. The second-order valence-corrected chi connectivity index (χ2v) is 9.13. The summed E-state index contributed by atoms with van der Waals surface area (Å²) in [5.74, 6) is -0.418. The first-order chi connectivity index (χ1) is 15.5. The number of nitrogens with one attached hydrogen (secondary N) is 1. The van der Waals surface area contributed by atoms with E-state index in [9.17, 15) is 4.79 Å². The number of hydrogen-bond acceptors (Lipinski definition) is 7. The Labute approximate surface area is 200 Å². The first-order valence-electron chi connectivity index (χ1n) is 10.5. The van der Waals surface area contributed by atoms with E-state index in [0.29, 0.717) is 21.7 Å². The fraction of sp³-hybridized carbons (Fsp3) is 0.478. The molecule has 0 spiro atoms. The van der Waals surface area contributed by atoms with Gasteiger partial charge < -0.3 is 28.8 Å². The molecular formula is C23H30BClN2O6. The minimum absolute atomic E-state index is 0.203. The molecule has 0 radical (unpaired) electrons.